The lowest BCUT2D eigenvalue weighted by atomic mass is 10.0. The standard InChI is InChI=1S/C17H24N2O2S/c1-4-6-13(3)17(21)19-11-22-10-15(19)16(20)18-14-8-5-7-12(2)9-14/h5,7-9,13,15H,4,6,10-11H2,1-3H3,(H,18,20). The molecule has 0 bridgehead atoms. The highest BCUT2D eigenvalue weighted by molar-refractivity contribution is 7.99. The minimum atomic E-state index is -0.364. The van der Waals surface area contributed by atoms with E-state index in [1.54, 1.807) is 16.7 Å². The van der Waals surface area contributed by atoms with E-state index in [1.165, 1.54) is 0 Å². The Morgan fingerprint density at radius 1 is 1.45 bits per heavy atom. The molecule has 0 spiro atoms. The minimum Gasteiger partial charge on any atom is -0.324 e. The van der Waals surface area contributed by atoms with E-state index < -0.39 is 0 Å². The first-order valence-electron chi connectivity index (χ1n) is 7.78. The van der Waals surface area contributed by atoms with Crippen molar-refractivity contribution >= 4 is 29.3 Å². The number of rotatable bonds is 5. The van der Waals surface area contributed by atoms with Crippen molar-refractivity contribution in [3.05, 3.63) is 29.8 Å². The topological polar surface area (TPSA) is 49.4 Å². The zero-order chi connectivity index (χ0) is 16.1. The largest absolute Gasteiger partial charge is 0.324 e. The fourth-order valence-electron chi connectivity index (χ4n) is 2.67. The number of thioether (sulfide) groups is 1. The lowest BCUT2D eigenvalue weighted by Crippen LogP contribution is -2.46. The number of aryl methyl sites for hydroxylation is 1. The van der Waals surface area contributed by atoms with Crippen molar-refractivity contribution in [2.45, 2.75) is 39.7 Å². The van der Waals surface area contributed by atoms with Gasteiger partial charge in [-0.2, -0.15) is 0 Å². The molecule has 0 saturated carbocycles. The molecule has 1 fully saturated rings. The van der Waals surface area contributed by atoms with E-state index in [4.69, 9.17) is 0 Å². The number of carbonyl (C=O) groups excluding carboxylic acids is 2. The van der Waals surface area contributed by atoms with Crippen LogP contribution in [0.2, 0.25) is 0 Å². The Labute approximate surface area is 136 Å². The minimum absolute atomic E-state index is 0.0158. The fourth-order valence-corrected chi connectivity index (χ4v) is 3.83. The van der Waals surface area contributed by atoms with Crippen LogP contribution in [0.25, 0.3) is 0 Å². The maximum Gasteiger partial charge on any atom is 0.248 e. The summed E-state index contributed by atoms with van der Waals surface area (Å²) in [5.74, 6) is 1.27. The monoisotopic (exact) mass is 320 g/mol. The summed E-state index contributed by atoms with van der Waals surface area (Å²) >= 11 is 1.64. The van der Waals surface area contributed by atoms with Crippen molar-refractivity contribution in [2.75, 3.05) is 16.9 Å². The van der Waals surface area contributed by atoms with Gasteiger partial charge in [0.25, 0.3) is 0 Å². The van der Waals surface area contributed by atoms with Crippen molar-refractivity contribution < 1.29 is 9.59 Å². The van der Waals surface area contributed by atoms with Crippen molar-refractivity contribution in [2.24, 2.45) is 5.92 Å². The molecule has 1 heterocycles. The van der Waals surface area contributed by atoms with Crippen LogP contribution in [0.3, 0.4) is 0 Å². The summed E-state index contributed by atoms with van der Waals surface area (Å²) in [6, 6.07) is 7.35. The molecule has 1 N–H and O–H groups in total. The highest BCUT2D eigenvalue weighted by Crippen LogP contribution is 2.25. The third-order valence-corrected chi connectivity index (χ3v) is 4.91. The van der Waals surface area contributed by atoms with Crippen LogP contribution in [0.15, 0.2) is 24.3 Å². The Bertz CT molecular complexity index is 547. The first kappa shape index (κ1) is 16.9. The molecular weight excluding hydrogens is 296 g/mol. The smallest absolute Gasteiger partial charge is 0.248 e. The number of amides is 2. The zero-order valence-corrected chi connectivity index (χ0v) is 14.3. The van der Waals surface area contributed by atoms with Crippen LogP contribution < -0.4 is 5.32 Å². The van der Waals surface area contributed by atoms with Gasteiger partial charge in [0.2, 0.25) is 11.8 Å². The Kier molecular flexibility index (Phi) is 5.89. The Balaban J connectivity index is 2.03. The van der Waals surface area contributed by atoms with Crippen LogP contribution in [-0.4, -0.2) is 34.4 Å². The van der Waals surface area contributed by atoms with Crippen LogP contribution in [0, 0.1) is 12.8 Å². The van der Waals surface area contributed by atoms with Crippen LogP contribution >= 0.6 is 11.8 Å². The highest BCUT2D eigenvalue weighted by atomic mass is 32.2. The first-order chi connectivity index (χ1) is 10.5. The van der Waals surface area contributed by atoms with Crippen molar-refractivity contribution in [1.82, 2.24) is 4.90 Å². The molecule has 1 aromatic rings. The predicted molar refractivity (Wildman–Crippen MR) is 91.8 cm³/mol. The molecule has 2 amide bonds. The van der Waals surface area contributed by atoms with Gasteiger partial charge in [0.15, 0.2) is 0 Å². The molecule has 2 rings (SSSR count). The fraction of sp³-hybridized carbons (Fsp3) is 0.529. The summed E-state index contributed by atoms with van der Waals surface area (Å²) in [4.78, 5) is 26.7. The van der Waals surface area contributed by atoms with E-state index in [1.807, 2.05) is 38.1 Å². The number of anilines is 1. The lowest BCUT2D eigenvalue weighted by Gasteiger charge is -2.26. The van der Waals surface area contributed by atoms with Crippen molar-refractivity contribution in [3.8, 4) is 0 Å². The molecule has 22 heavy (non-hydrogen) atoms. The number of nitrogens with zero attached hydrogens (tertiary/aromatic N) is 1. The second-order valence-electron chi connectivity index (χ2n) is 5.87. The molecule has 120 valence electrons. The summed E-state index contributed by atoms with van der Waals surface area (Å²) in [5, 5.41) is 2.93. The SMILES string of the molecule is CCCC(C)C(=O)N1CSCC1C(=O)Nc1cccc(C)c1. The number of nitrogens with one attached hydrogen (secondary N) is 1. The Hall–Kier alpha value is -1.49. The Morgan fingerprint density at radius 2 is 2.23 bits per heavy atom. The van der Waals surface area contributed by atoms with E-state index in [2.05, 4.69) is 12.2 Å². The summed E-state index contributed by atoms with van der Waals surface area (Å²) in [7, 11) is 0. The van der Waals surface area contributed by atoms with E-state index >= 15 is 0 Å². The molecule has 1 saturated heterocycles. The molecule has 1 aliphatic heterocycles. The van der Waals surface area contributed by atoms with Crippen LogP contribution in [0.5, 0.6) is 0 Å². The number of hydrogen-bond acceptors (Lipinski definition) is 3. The normalized spacial score (nSPS) is 19.0. The van der Waals surface area contributed by atoms with Gasteiger partial charge in [-0.15, -0.1) is 11.8 Å². The quantitative estimate of drug-likeness (QED) is 0.906. The van der Waals surface area contributed by atoms with Gasteiger partial charge in [-0.3, -0.25) is 9.59 Å². The van der Waals surface area contributed by atoms with E-state index in [0.29, 0.717) is 11.6 Å². The van der Waals surface area contributed by atoms with Crippen LogP contribution in [0.1, 0.15) is 32.3 Å². The second-order valence-corrected chi connectivity index (χ2v) is 6.87. The lowest BCUT2D eigenvalue weighted by molar-refractivity contribution is -0.139. The van der Waals surface area contributed by atoms with Gasteiger partial charge in [0.05, 0.1) is 5.88 Å². The summed E-state index contributed by atoms with van der Waals surface area (Å²) in [6.45, 7) is 6.01. The van der Waals surface area contributed by atoms with Gasteiger partial charge in [-0.1, -0.05) is 32.4 Å². The number of hydrogen-bond donors (Lipinski definition) is 1. The summed E-state index contributed by atoms with van der Waals surface area (Å²) in [5.41, 5.74) is 1.89. The van der Waals surface area contributed by atoms with Gasteiger partial charge < -0.3 is 10.2 Å². The molecule has 2 atom stereocenters. The zero-order valence-electron chi connectivity index (χ0n) is 13.5. The third kappa shape index (κ3) is 4.03. The molecule has 0 aliphatic carbocycles. The molecule has 2 unspecified atom stereocenters. The molecule has 0 radical (unpaired) electrons. The number of benzene rings is 1. The molecular formula is C17H24N2O2S. The highest BCUT2D eigenvalue weighted by Gasteiger charge is 2.36. The molecule has 4 nitrogen and oxygen atoms in total. The number of carbonyl (C=O) groups is 2. The Morgan fingerprint density at radius 3 is 2.91 bits per heavy atom. The van der Waals surface area contributed by atoms with E-state index in [0.717, 1.165) is 24.1 Å². The van der Waals surface area contributed by atoms with E-state index in [-0.39, 0.29) is 23.8 Å². The van der Waals surface area contributed by atoms with Crippen molar-refractivity contribution in [1.29, 1.82) is 0 Å². The maximum absolute atomic E-state index is 12.5. The second kappa shape index (κ2) is 7.68. The predicted octanol–water partition coefficient (Wildman–Crippen LogP) is 3.27. The van der Waals surface area contributed by atoms with Crippen LogP contribution in [0.4, 0.5) is 5.69 Å². The molecule has 5 heteroatoms. The molecule has 1 aromatic carbocycles. The average Bonchev–Trinajstić information content (AvgIpc) is 2.96. The van der Waals surface area contributed by atoms with Gasteiger partial charge >= 0.3 is 0 Å². The van der Waals surface area contributed by atoms with E-state index in [9.17, 15) is 9.59 Å². The molecule has 0 aromatic heterocycles. The van der Waals surface area contributed by atoms with Gasteiger partial charge in [-0.25, -0.2) is 0 Å². The summed E-state index contributed by atoms with van der Waals surface area (Å²) in [6.07, 6.45) is 1.85. The molecule has 1 aliphatic rings. The van der Waals surface area contributed by atoms with Crippen LogP contribution in [-0.2, 0) is 9.59 Å². The van der Waals surface area contributed by atoms with Gasteiger partial charge in [0, 0.05) is 17.4 Å². The maximum atomic E-state index is 12.5. The first-order valence-corrected chi connectivity index (χ1v) is 8.94. The van der Waals surface area contributed by atoms with Gasteiger partial charge in [0.1, 0.15) is 6.04 Å². The summed E-state index contributed by atoms with van der Waals surface area (Å²) < 4.78 is 0. The van der Waals surface area contributed by atoms with Crippen molar-refractivity contribution in [3.63, 3.8) is 0 Å². The van der Waals surface area contributed by atoms with Gasteiger partial charge in [-0.05, 0) is 31.0 Å². The third-order valence-electron chi connectivity index (χ3n) is 3.90. The average molecular weight is 320 g/mol.